The zero-order chi connectivity index (χ0) is 26.1. The molecule has 38 heavy (non-hydrogen) atoms. The minimum absolute atomic E-state index is 0.00686. The predicted octanol–water partition coefficient (Wildman–Crippen LogP) is 5.32. The summed E-state index contributed by atoms with van der Waals surface area (Å²) in [7, 11) is -3.88. The first-order valence-corrected chi connectivity index (χ1v) is 14.1. The number of halogens is 1. The van der Waals surface area contributed by atoms with E-state index in [1.807, 2.05) is 24.3 Å². The molecule has 1 aliphatic rings. The van der Waals surface area contributed by atoms with Crippen molar-refractivity contribution in [1.29, 1.82) is 0 Å². The summed E-state index contributed by atoms with van der Waals surface area (Å²) in [4.78, 5) is 4.91. The van der Waals surface area contributed by atoms with Crippen LogP contribution in [0.2, 0.25) is 0 Å². The molecule has 0 N–H and O–H groups in total. The fourth-order valence-electron chi connectivity index (χ4n) is 4.97. The lowest BCUT2D eigenvalue weighted by molar-refractivity contribution is 0.250. The third-order valence-electron chi connectivity index (χ3n) is 7.00. The first-order valence-electron chi connectivity index (χ1n) is 12.6. The summed E-state index contributed by atoms with van der Waals surface area (Å²) in [6.07, 6.45) is 0. The van der Waals surface area contributed by atoms with E-state index in [0.29, 0.717) is 16.6 Å². The second kappa shape index (κ2) is 10.0. The van der Waals surface area contributed by atoms with Gasteiger partial charge in [0.05, 0.1) is 16.1 Å². The minimum atomic E-state index is -3.88. The summed E-state index contributed by atoms with van der Waals surface area (Å²) in [6, 6.07) is 30.5. The molecular formula is C30H27FN4O2S. The number of nitrogens with zero attached hydrogens (tertiary/aromatic N) is 4. The van der Waals surface area contributed by atoms with Crippen LogP contribution in [0.5, 0.6) is 0 Å². The van der Waals surface area contributed by atoms with Crippen molar-refractivity contribution < 1.29 is 12.8 Å². The largest absolute Gasteiger partial charge is 0.369 e. The molecule has 0 bridgehead atoms. The van der Waals surface area contributed by atoms with Crippen molar-refractivity contribution in [2.75, 3.05) is 31.1 Å². The van der Waals surface area contributed by atoms with Crippen LogP contribution in [0.1, 0.15) is 5.56 Å². The van der Waals surface area contributed by atoms with E-state index < -0.39 is 9.84 Å². The fourth-order valence-corrected chi connectivity index (χ4v) is 6.35. The predicted molar refractivity (Wildman–Crippen MR) is 147 cm³/mol. The van der Waals surface area contributed by atoms with Gasteiger partial charge >= 0.3 is 0 Å². The molecule has 1 fully saturated rings. The van der Waals surface area contributed by atoms with E-state index in [0.717, 1.165) is 38.4 Å². The third kappa shape index (κ3) is 4.68. The summed E-state index contributed by atoms with van der Waals surface area (Å²) >= 11 is 0. The standard InChI is InChI=1S/C30H27FN4O2S/c31-24-11-13-25(14-12-24)35-29-16-15-26(34-19-17-33(18-20-34)22-23-7-3-1-4-8-23)21-28(29)30(32-35)38(36,37)27-9-5-2-6-10-27/h1-16,21H,17-20,22H2. The molecule has 1 saturated heterocycles. The first kappa shape index (κ1) is 24.3. The number of benzene rings is 4. The molecule has 8 heteroatoms. The lowest BCUT2D eigenvalue weighted by atomic mass is 10.1. The minimum Gasteiger partial charge on any atom is -0.369 e. The van der Waals surface area contributed by atoms with Crippen LogP contribution in [0.3, 0.4) is 0 Å². The van der Waals surface area contributed by atoms with Gasteiger partial charge in [-0.05, 0) is 60.2 Å². The Hall–Kier alpha value is -4.01. The van der Waals surface area contributed by atoms with E-state index >= 15 is 0 Å². The van der Waals surface area contributed by atoms with E-state index in [1.54, 1.807) is 47.1 Å². The average Bonchev–Trinajstić information content (AvgIpc) is 3.35. The smallest absolute Gasteiger partial charge is 0.226 e. The van der Waals surface area contributed by atoms with Gasteiger partial charge in [-0.15, -0.1) is 0 Å². The summed E-state index contributed by atoms with van der Waals surface area (Å²) in [6.45, 7) is 4.42. The Morgan fingerprint density at radius 1 is 0.737 bits per heavy atom. The molecule has 1 aliphatic heterocycles. The first-order chi connectivity index (χ1) is 18.5. The zero-order valence-corrected chi connectivity index (χ0v) is 21.6. The molecule has 1 aromatic heterocycles. The Balaban J connectivity index is 1.36. The lowest BCUT2D eigenvalue weighted by Crippen LogP contribution is -2.45. The maximum atomic E-state index is 13.7. The normalized spacial score (nSPS) is 14.7. The van der Waals surface area contributed by atoms with Crippen molar-refractivity contribution in [3.05, 3.63) is 115 Å². The van der Waals surface area contributed by atoms with Gasteiger partial charge in [0, 0.05) is 43.8 Å². The quantitative estimate of drug-likeness (QED) is 0.300. The highest BCUT2D eigenvalue weighted by atomic mass is 32.2. The number of hydrogen-bond donors (Lipinski definition) is 0. The van der Waals surface area contributed by atoms with Crippen molar-refractivity contribution in [3.8, 4) is 5.69 Å². The topological polar surface area (TPSA) is 58.4 Å². The Morgan fingerprint density at radius 2 is 1.37 bits per heavy atom. The highest BCUT2D eigenvalue weighted by Gasteiger charge is 2.27. The number of piperazine rings is 1. The maximum Gasteiger partial charge on any atom is 0.226 e. The Labute approximate surface area is 221 Å². The molecule has 4 aromatic carbocycles. The van der Waals surface area contributed by atoms with E-state index in [4.69, 9.17) is 0 Å². The van der Waals surface area contributed by atoms with Crippen LogP contribution in [0.15, 0.2) is 113 Å². The van der Waals surface area contributed by atoms with Gasteiger partial charge in [0.1, 0.15) is 5.82 Å². The number of hydrogen-bond acceptors (Lipinski definition) is 5. The van der Waals surface area contributed by atoms with Crippen molar-refractivity contribution in [1.82, 2.24) is 14.7 Å². The van der Waals surface area contributed by atoms with Gasteiger partial charge in [0.15, 0.2) is 5.03 Å². The highest BCUT2D eigenvalue weighted by Crippen LogP contribution is 2.33. The van der Waals surface area contributed by atoms with Crippen LogP contribution in [0, 0.1) is 5.82 Å². The SMILES string of the molecule is O=S(=O)(c1ccccc1)c1nn(-c2ccc(F)cc2)c2ccc(N3CCN(Cc4ccccc4)CC3)cc12. The fraction of sp³-hybridized carbons (Fsp3) is 0.167. The molecule has 0 radical (unpaired) electrons. The molecule has 6 nitrogen and oxygen atoms in total. The molecule has 0 atom stereocenters. The summed E-state index contributed by atoms with van der Waals surface area (Å²) < 4.78 is 42.6. The van der Waals surface area contributed by atoms with Crippen LogP contribution >= 0.6 is 0 Å². The number of sulfone groups is 1. The Kier molecular flexibility index (Phi) is 6.43. The van der Waals surface area contributed by atoms with Crippen LogP contribution < -0.4 is 4.90 Å². The molecule has 0 unspecified atom stereocenters. The third-order valence-corrected chi connectivity index (χ3v) is 8.70. The number of anilines is 1. The Bertz CT molecular complexity index is 1660. The molecule has 0 aliphatic carbocycles. The van der Waals surface area contributed by atoms with Crippen LogP contribution in [-0.4, -0.2) is 49.3 Å². The van der Waals surface area contributed by atoms with Crippen LogP contribution in [0.25, 0.3) is 16.6 Å². The van der Waals surface area contributed by atoms with E-state index in [1.165, 1.54) is 17.7 Å². The molecule has 2 heterocycles. The maximum absolute atomic E-state index is 13.7. The summed E-state index contributed by atoms with van der Waals surface area (Å²) in [5, 5.41) is 5.10. The van der Waals surface area contributed by atoms with Gasteiger partial charge in [-0.3, -0.25) is 4.90 Å². The van der Waals surface area contributed by atoms with Crippen molar-refractivity contribution >= 4 is 26.4 Å². The molecule has 0 amide bonds. The zero-order valence-electron chi connectivity index (χ0n) is 20.7. The van der Waals surface area contributed by atoms with E-state index in [-0.39, 0.29) is 15.7 Å². The van der Waals surface area contributed by atoms with Crippen LogP contribution in [0.4, 0.5) is 10.1 Å². The monoisotopic (exact) mass is 526 g/mol. The van der Waals surface area contributed by atoms with Gasteiger partial charge in [-0.1, -0.05) is 48.5 Å². The molecular weight excluding hydrogens is 499 g/mol. The number of aromatic nitrogens is 2. The van der Waals surface area contributed by atoms with Crippen LogP contribution in [-0.2, 0) is 16.4 Å². The van der Waals surface area contributed by atoms with Crippen molar-refractivity contribution in [3.63, 3.8) is 0 Å². The summed E-state index contributed by atoms with van der Waals surface area (Å²) in [5.41, 5.74) is 3.50. The van der Waals surface area contributed by atoms with E-state index in [9.17, 15) is 12.8 Å². The van der Waals surface area contributed by atoms with E-state index in [2.05, 4.69) is 39.2 Å². The average molecular weight is 527 g/mol. The molecule has 6 rings (SSSR count). The highest BCUT2D eigenvalue weighted by molar-refractivity contribution is 7.91. The van der Waals surface area contributed by atoms with Gasteiger partial charge < -0.3 is 4.90 Å². The van der Waals surface area contributed by atoms with Gasteiger partial charge in [0.25, 0.3) is 0 Å². The Morgan fingerprint density at radius 3 is 2.05 bits per heavy atom. The molecule has 0 spiro atoms. The number of rotatable bonds is 6. The molecule has 5 aromatic rings. The second-order valence-corrected chi connectivity index (χ2v) is 11.3. The van der Waals surface area contributed by atoms with Gasteiger partial charge in [-0.2, -0.15) is 5.10 Å². The summed E-state index contributed by atoms with van der Waals surface area (Å²) in [5.74, 6) is -0.365. The van der Waals surface area contributed by atoms with Gasteiger partial charge in [-0.25, -0.2) is 17.5 Å². The lowest BCUT2D eigenvalue weighted by Gasteiger charge is -2.36. The number of fused-ring (bicyclic) bond motifs is 1. The van der Waals surface area contributed by atoms with Crippen molar-refractivity contribution in [2.45, 2.75) is 16.5 Å². The second-order valence-electron chi connectivity index (χ2n) is 9.46. The van der Waals surface area contributed by atoms with Gasteiger partial charge in [0.2, 0.25) is 9.84 Å². The molecule has 192 valence electrons. The molecule has 0 saturated carbocycles. The van der Waals surface area contributed by atoms with Crippen molar-refractivity contribution in [2.24, 2.45) is 0 Å².